The Labute approximate surface area is 226 Å². The molecule has 0 spiro atoms. The Balaban J connectivity index is 1.58. The van der Waals surface area contributed by atoms with Crippen molar-refractivity contribution in [1.29, 1.82) is 0 Å². The van der Waals surface area contributed by atoms with Crippen LogP contribution in [0.5, 0.6) is 5.75 Å². The van der Waals surface area contributed by atoms with E-state index >= 15 is 0 Å². The van der Waals surface area contributed by atoms with Crippen molar-refractivity contribution in [2.75, 3.05) is 11.9 Å². The summed E-state index contributed by atoms with van der Waals surface area (Å²) in [5.74, 6) is 0.487. The Morgan fingerprint density at radius 1 is 0.868 bits per heavy atom. The van der Waals surface area contributed by atoms with E-state index in [0.717, 1.165) is 29.9 Å². The standard InChI is InChI=1S/C31H40NO5P/c1-4-6-7-8-9-12-23-36-28-21-19-26(20-22-28)25-15-17-27(18-16-25)31(33)32-29-13-10-11-14-30(29)38(34,35)37-24(3)5-2/h10-11,13-22,24H,4-9,12,23H2,1-3H3,(H,32,33)(H,34,35). The lowest BCUT2D eigenvalue weighted by Gasteiger charge is -2.19. The first-order chi connectivity index (χ1) is 18.3. The van der Waals surface area contributed by atoms with Crippen molar-refractivity contribution in [2.45, 2.75) is 71.8 Å². The molecule has 0 saturated carbocycles. The summed E-state index contributed by atoms with van der Waals surface area (Å²) in [5, 5.41) is 2.83. The zero-order chi connectivity index (χ0) is 27.4. The number of carbonyl (C=O) groups excluding carboxylic acids is 1. The number of benzene rings is 3. The molecule has 0 bridgehead atoms. The van der Waals surface area contributed by atoms with Crippen molar-refractivity contribution >= 4 is 24.5 Å². The Morgan fingerprint density at radius 3 is 2.13 bits per heavy atom. The summed E-state index contributed by atoms with van der Waals surface area (Å²) in [6.07, 6.45) is 7.63. The highest BCUT2D eigenvalue weighted by Crippen LogP contribution is 2.44. The minimum absolute atomic E-state index is 0.0732. The van der Waals surface area contributed by atoms with E-state index < -0.39 is 7.60 Å². The van der Waals surface area contributed by atoms with Crippen LogP contribution < -0.4 is 15.4 Å². The maximum atomic E-state index is 12.9. The molecule has 2 unspecified atom stereocenters. The number of anilines is 1. The molecule has 0 fully saturated rings. The number of hydrogen-bond donors (Lipinski definition) is 2. The van der Waals surface area contributed by atoms with Crippen LogP contribution in [0.4, 0.5) is 5.69 Å². The Bertz CT molecular complexity index is 1190. The molecular formula is C31H40NO5P. The fourth-order valence-electron chi connectivity index (χ4n) is 4.03. The van der Waals surface area contributed by atoms with E-state index in [4.69, 9.17) is 9.26 Å². The SMILES string of the molecule is CCCCCCCCOc1ccc(-c2ccc(C(=O)Nc3ccccc3P(=O)(O)OC(C)CC)cc2)cc1. The molecule has 38 heavy (non-hydrogen) atoms. The van der Waals surface area contributed by atoms with Gasteiger partial charge in [0.1, 0.15) is 5.75 Å². The third kappa shape index (κ3) is 8.83. The van der Waals surface area contributed by atoms with E-state index in [9.17, 15) is 14.3 Å². The van der Waals surface area contributed by atoms with E-state index in [-0.39, 0.29) is 23.0 Å². The van der Waals surface area contributed by atoms with Gasteiger partial charge in [0, 0.05) is 5.56 Å². The summed E-state index contributed by atoms with van der Waals surface area (Å²) in [5.41, 5.74) is 2.70. The average molecular weight is 538 g/mol. The van der Waals surface area contributed by atoms with Gasteiger partial charge in [-0.25, -0.2) is 0 Å². The summed E-state index contributed by atoms with van der Waals surface area (Å²) >= 11 is 0. The highest BCUT2D eigenvalue weighted by atomic mass is 31.2. The smallest absolute Gasteiger partial charge is 0.361 e. The first-order valence-corrected chi connectivity index (χ1v) is 15.2. The second-order valence-corrected chi connectivity index (χ2v) is 11.3. The number of hydrogen-bond acceptors (Lipinski definition) is 4. The van der Waals surface area contributed by atoms with E-state index in [1.165, 1.54) is 38.2 Å². The monoisotopic (exact) mass is 537 g/mol. The van der Waals surface area contributed by atoms with Gasteiger partial charge in [-0.1, -0.05) is 82.3 Å². The Kier molecular flexibility index (Phi) is 11.6. The summed E-state index contributed by atoms with van der Waals surface area (Å²) < 4.78 is 24.1. The van der Waals surface area contributed by atoms with E-state index in [1.54, 1.807) is 37.3 Å². The highest BCUT2D eigenvalue weighted by Gasteiger charge is 2.28. The molecule has 0 aromatic heterocycles. The molecule has 1 amide bonds. The molecule has 0 aliphatic heterocycles. The molecule has 0 saturated heterocycles. The number of ether oxygens (including phenoxy) is 1. The van der Waals surface area contributed by atoms with Gasteiger partial charge < -0.3 is 19.5 Å². The molecule has 2 N–H and O–H groups in total. The fraction of sp³-hybridized carbons (Fsp3) is 0.387. The van der Waals surface area contributed by atoms with Gasteiger partial charge in [0.25, 0.3) is 5.91 Å². The van der Waals surface area contributed by atoms with E-state index in [0.29, 0.717) is 12.0 Å². The fourth-order valence-corrected chi connectivity index (χ4v) is 5.49. The maximum absolute atomic E-state index is 12.9. The van der Waals surface area contributed by atoms with Crippen LogP contribution in [-0.2, 0) is 9.09 Å². The van der Waals surface area contributed by atoms with Crippen molar-refractivity contribution in [2.24, 2.45) is 0 Å². The quantitative estimate of drug-likeness (QED) is 0.152. The van der Waals surface area contributed by atoms with Crippen LogP contribution in [0, 0.1) is 0 Å². The van der Waals surface area contributed by atoms with Crippen LogP contribution in [0.3, 0.4) is 0 Å². The van der Waals surface area contributed by atoms with E-state index in [1.807, 2.05) is 43.3 Å². The van der Waals surface area contributed by atoms with Gasteiger partial charge in [0.05, 0.1) is 23.7 Å². The molecule has 0 radical (unpaired) electrons. The van der Waals surface area contributed by atoms with E-state index in [2.05, 4.69) is 12.2 Å². The molecule has 7 heteroatoms. The van der Waals surface area contributed by atoms with Crippen molar-refractivity contribution in [1.82, 2.24) is 0 Å². The zero-order valence-corrected chi connectivity index (χ0v) is 23.6. The normalized spacial score (nSPS) is 13.5. The number of unbranched alkanes of at least 4 members (excludes halogenated alkanes) is 5. The van der Waals surface area contributed by atoms with Gasteiger partial charge in [0.2, 0.25) is 0 Å². The minimum Gasteiger partial charge on any atom is -0.494 e. The molecule has 6 nitrogen and oxygen atoms in total. The van der Waals surface area contributed by atoms with Gasteiger partial charge in [0.15, 0.2) is 0 Å². The Morgan fingerprint density at radius 2 is 1.47 bits per heavy atom. The largest absolute Gasteiger partial charge is 0.494 e. The van der Waals surface area contributed by atoms with Gasteiger partial charge in [-0.3, -0.25) is 9.36 Å². The number of nitrogens with one attached hydrogen (secondary N) is 1. The van der Waals surface area contributed by atoms with Gasteiger partial charge in [-0.15, -0.1) is 0 Å². The topological polar surface area (TPSA) is 84.9 Å². The molecule has 3 rings (SSSR count). The summed E-state index contributed by atoms with van der Waals surface area (Å²) in [7, 11) is -4.10. The predicted molar refractivity (Wildman–Crippen MR) is 155 cm³/mol. The van der Waals surface area contributed by atoms with Crippen LogP contribution in [0.25, 0.3) is 11.1 Å². The van der Waals surface area contributed by atoms with Gasteiger partial charge in [-0.2, -0.15) is 0 Å². The third-order valence-electron chi connectivity index (χ3n) is 6.46. The number of amides is 1. The lowest BCUT2D eigenvalue weighted by molar-refractivity contribution is 0.102. The number of carbonyl (C=O) groups is 1. The molecule has 0 aliphatic rings. The lowest BCUT2D eigenvalue weighted by atomic mass is 10.0. The van der Waals surface area contributed by atoms with Crippen LogP contribution in [-0.4, -0.2) is 23.5 Å². The number of para-hydroxylation sites is 1. The Hall–Kier alpha value is -2.92. The minimum atomic E-state index is -4.10. The summed E-state index contributed by atoms with van der Waals surface area (Å²) in [4.78, 5) is 23.4. The molecular weight excluding hydrogens is 497 g/mol. The molecule has 2 atom stereocenters. The summed E-state index contributed by atoms with van der Waals surface area (Å²) in [6.45, 7) is 6.57. The van der Waals surface area contributed by atoms with Crippen molar-refractivity contribution in [3.05, 3.63) is 78.4 Å². The van der Waals surface area contributed by atoms with Crippen LogP contribution in [0.2, 0.25) is 0 Å². The zero-order valence-electron chi connectivity index (χ0n) is 22.7. The van der Waals surface area contributed by atoms with Gasteiger partial charge in [-0.05, 0) is 67.3 Å². The van der Waals surface area contributed by atoms with Crippen molar-refractivity contribution in [3.8, 4) is 16.9 Å². The van der Waals surface area contributed by atoms with Crippen LogP contribution >= 0.6 is 7.60 Å². The molecule has 3 aromatic rings. The maximum Gasteiger partial charge on any atom is 0.361 e. The highest BCUT2D eigenvalue weighted by molar-refractivity contribution is 7.61. The third-order valence-corrected chi connectivity index (χ3v) is 8.10. The lowest BCUT2D eigenvalue weighted by Crippen LogP contribution is -2.20. The molecule has 0 aliphatic carbocycles. The van der Waals surface area contributed by atoms with Gasteiger partial charge >= 0.3 is 7.60 Å². The second-order valence-electron chi connectivity index (χ2n) is 9.53. The van der Waals surface area contributed by atoms with Crippen molar-refractivity contribution in [3.63, 3.8) is 0 Å². The molecule has 204 valence electrons. The summed E-state index contributed by atoms with van der Waals surface area (Å²) in [6, 6.07) is 21.7. The second kappa shape index (κ2) is 14.9. The number of rotatable bonds is 15. The van der Waals surface area contributed by atoms with Crippen molar-refractivity contribution < 1.29 is 23.5 Å². The molecule has 0 heterocycles. The predicted octanol–water partition coefficient (Wildman–Crippen LogP) is 7.97. The van der Waals surface area contributed by atoms with Crippen LogP contribution in [0.15, 0.2) is 72.8 Å². The average Bonchev–Trinajstić information content (AvgIpc) is 2.93. The first-order valence-electron chi connectivity index (χ1n) is 13.6. The first kappa shape index (κ1) is 29.6. The van der Waals surface area contributed by atoms with Crippen LogP contribution in [0.1, 0.15) is 76.1 Å². The molecule has 3 aromatic carbocycles.